The topological polar surface area (TPSA) is 59.7 Å². The van der Waals surface area contributed by atoms with E-state index in [1.165, 1.54) is 0 Å². The number of rotatable bonds is 1. The molecule has 0 aliphatic carbocycles. The standard InChI is InChI=1S/C15H22N4O2/c1-17(2)15(21)18-8-11-5-6-12(10-18)19(9-11)14(20)13-4-3-7-16-13/h3-4,7,11-12,16H,5-6,8-10H2,1-2H3/t11-,12+/m0/s1. The molecule has 4 heterocycles. The Morgan fingerprint density at radius 3 is 2.71 bits per heavy atom. The summed E-state index contributed by atoms with van der Waals surface area (Å²) in [6.07, 6.45) is 3.84. The molecule has 3 saturated heterocycles. The van der Waals surface area contributed by atoms with E-state index in [1.807, 2.05) is 21.9 Å². The number of hydrogen-bond acceptors (Lipinski definition) is 2. The fourth-order valence-corrected chi connectivity index (χ4v) is 3.39. The van der Waals surface area contributed by atoms with Crippen LogP contribution in [0, 0.1) is 5.92 Å². The number of carbonyl (C=O) groups is 2. The first-order valence-corrected chi connectivity index (χ1v) is 7.47. The Labute approximate surface area is 124 Å². The van der Waals surface area contributed by atoms with Gasteiger partial charge in [-0.15, -0.1) is 0 Å². The predicted octanol–water partition coefficient (Wildman–Crippen LogP) is 1.23. The van der Waals surface area contributed by atoms with Gasteiger partial charge >= 0.3 is 6.03 Å². The van der Waals surface area contributed by atoms with Gasteiger partial charge < -0.3 is 19.7 Å². The van der Waals surface area contributed by atoms with Crippen molar-refractivity contribution >= 4 is 11.9 Å². The van der Waals surface area contributed by atoms with Crippen molar-refractivity contribution in [3.8, 4) is 0 Å². The number of H-pyrrole nitrogens is 1. The lowest BCUT2D eigenvalue weighted by molar-refractivity contribution is 0.0580. The molecule has 2 atom stereocenters. The third kappa shape index (κ3) is 2.62. The minimum absolute atomic E-state index is 0.0427. The molecule has 1 aromatic rings. The molecule has 0 spiro atoms. The Bertz CT molecular complexity index is 526. The number of amides is 3. The molecule has 4 rings (SSSR count). The van der Waals surface area contributed by atoms with E-state index in [0.29, 0.717) is 18.2 Å². The predicted molar refractivity (Wildman–Crippen MR) is 79.0 cm³/mol. The van der Waals surface area contributed by atoms with Gasteiger partial charge in [-0.1, -0.05) is 0 Å². The molecule has 1 aromatic heterocycles. The van der Waals surface area contributed by atoms with Crippen LogP contribution in [-0.4, -0.2) is 71.4 Å². The van der Waals surface area contributed by atoms with E-state index in [0.717, 1.165) is 25.9 Å². The molecule has 3 amide bonds. The summed E-state index contributed by atoms with van der Waals surface area (Å²) in [5.74, 6) is 0.431. The summed E-state index contributed by atoms with van der Waals surface area (Å²) >= 11 is 0. The largest absolute Gasteiger partial charge is 0.357 e. The Kier molecular flexibility index (Phi) is 3.61. The fraction of sp³-hybridized carbons (Fsp3) is 0.600. The Hall–Kier alpha value is -1.98. The van der Waals surface area contributed by atoms with E-state index >= 15 is 0 Å². The van der Waals surface area contributed by atoms with Crippen molar-refractivity contribution in [1.82, 2.24) is 19.7 Å². The van der Waals surface area contributed by atoms with Crippen LogP contribution in [0.4, 0.5) is 4.79 Å². The van der Waals surface area contributed by atoms with Gasteiger partial charge in [0.1, 0.15) is 5.69 Å². The number of aromatic amines is 1. The number of fused-ring (bicyclic) bond motifs is 4. The highest BCUT2D eigenvalue weighted by Gasteiger charge is 2.39. The summed E-state index contributed by atoms with van der Waals surface area (Å²) in [7, 11) is 3.55. The van der Waals surface area contributed by atoms with Crippen molar-refractivity contribution in [3.63, 3.8) is 0 Å². The van der Waals surface area contributed by atoms with Crippen LogP contribution >= 0.6 is 0 Å². The van der Waals surface area contributed by atoms with E-state index in [2.05, 4.69) is 4.98 Å². The van der Waals surface area contributed by atoms with Crippen LogP contribution in [0.3, 0.4) is 0 Å². The number of aromatic nitrogens is 1. The summed E-state index contributed by atoms with van der Waals surface area (Å²) in [6.45, 7) is 2.14. The lowest BCUT2D eigenvalue weighted by Crippen LogP contribution is -2.48. The molecule has 114 valence electrons. The van der Waals surface area contributed by atoms with Crippen molar-refractivity contribution in [2.24, 2.45) is 5.92 Å². The van der Waals surface area contributed by atoms with Crippen LogP contribution < -0.4 is 0 Å². The summed E-state index contributed by atoms with van der Waals surface area (Å²) in [5, 5.41) is 0. The summed E-state index contributed by atoms with van der Waals surface area (Å²) in [6, 6.07) is 3.82. The zero-order valence-corrected chi connectivity index (χ0v) is 12.6. The first kappa shape index (κ1) is 14.0. The summed E-state index contributed by atoms with van der Waals surface area (Å²) < 4.78 is 0. The maximum Gasteiger partial charge on any atom is 0.319 e. The van der Waals surface area contributed by atoms with Crippen molar-refractivity contribution < 1.29 is 9.59 Å². The Balaban J connectivity index is 1.78. The molecule has 3 aliphatic rings. The van der Waals surface area contributed by atoms with Gasteiger partial charge in [-0.3, -0.25) is 4.79 Å². The normalized spacial score (nSPS) is 24.9. The Morgan fingerprint density at radius 1 is 1.24 bits per heavy atom. The third-order valence-electron chi connectivity index (χ3n) is 4.46. The lowest BCUT2D eigenvalue weighted by atomic mass is 9.95. The van der Waals surface area contributed by atoms with Gasteiger partial charge in [-0.05, 0) is 30.9 Å². The highest BCUT2D eigenvalue weighted by molar-refractivity contribution is 5.92. The van der Waals surface area contributed by atoms with E-state index in [1.54, 1.807) is 25.2 Å². The molecule has 6 heteroatoms. The average molecular weight is 290 g/mol. The number of nitrogens with zero attached hydrogens (tertiary/aromatic N) is 3. The third-order valence-corrected chi connectivity index (χ3v) is 4.46. The number of urea groups is 1. The van der Waals surface area contributed by atoms with Gasteiger partial charge in [-0.25, -0.2) is 4.79 Å². The minimum Gasteiger partial charge on any atom is -0.357 e. The molecule has 0 aromatic carbocycles. The molecular weight excluding hydrogens is 268 g/mol. The second kappa shape index (κ2) is 5.42. The van der Waals surface area contributed by atoms with Crippen molar-refractivity contribution in [3.05, 3.63) is 24.0 Å². The highest BCUT2D eigenvalue weighted by Crippen LogP contribution is 2.29. The van der Waals surface area contributed by atoms with Gasteiger partial charge in [-0.2, -0.15) is 0 Å². The van der Waals surface area contributed by atoms with Gasteiger partial charge in [0.15, 0.2) is 0 Å². The maximum absolute atomic E-state index is 12.6. The maximum atomic E-state index is 12.6. The molecule has 21 heavy (non-hydrogen) atoms. The van der Waals surface area contributed by atoms with Crippen LogP contribution in [0.2, 0.25) is 0 Å². The van der Waals surface area contributed by atoms with Crippen LogP contribution in [0.15, 0.2) is 18.3 Å². The van der Waals surface area contributed by atoms with E-state index in [-0.39, 0.29) is 18.0 Å². The Morgan fingerprint density at radius 2 is 2.05 bits per heavy atom. The monoisotopic (exact) mass is 290 g/mol. The average Bonchev–Trinajstić information content (AvgIpc) is 2.85. The molecule has 1 N–H and O–H groups in total. The van der Waals surface area contributed by atoms with Crippen LogP contribution in [0.1, 0.15) is 23.3 Å². The lowest BCUT2D eigenvalue weighted by Gasteiger charge is -2.35. The van der Waals surface area contributed by atoms with Crippen LogP contribution in [-0.2, 0) is 0 Å². The smallest absolute Gasteiger partial charge is 0.319 e. The molecule has 3 aliphatic heterocycles. The van der Waals surface area contributed by atoms with E-state index < -0.39 is 0 Å². The zero-order valence-electron chi connectivity index (χ0n) is 12.6. The molecule has 6 nitrogen and oxygen atoms in total. The fourth-order valence-electron chi connectivity index (χ4n) is 3.39. The van der Waals surface area contributed by atoms with E-state index in [4.69, 9.17) is 0 Å². The highest BCUT2D eigenvalue weighted by atomic mass is 16.2. The second-order valence-corrected chi connectivity index (χ2v) is 6.22. The van der Waals surface area contributed by atoms with Crippen molar-refractivity contribution in [2.75, 3.05) is 33.7 Å². The number of piperidine rings is 1. The molecule has 3 fully saturated rings. The van der Waals surface area contributed by atoms with Gasteiger partial charge in [0, 0.05) is 46.0 Å². The molecule has 0 unspecified atom stereocenters. The summed E-state index contributed by atoms with van der Waals surface area (Å²) in [5.41, 5.74) is 0.632. The van der Waals surface area contributed by atoms with Crippen LogP contribution in [0.25, 0.3) is 0 Å². The van der Waals surface area contributed by atoms with Gasteiger partial charge in [0.05, 0.1) is 0 Å². The molecule has 0 radical (unpaired) electrons. The number of hydrogen-bond donors (Lipinski definition) is 1. The van der Waals surface area contributed by atoms with E-state index in [9.17, 15) is 9.59 Å². The first-order chi connectivity index (χ1) is 10.1. The quantitative estimate of drug-likeness (QED) is 0.846. The zero-order chi connectivity index (χ0) is 15.0. The number of nitrogens with one attached hydrogen (secondary N) is 1. The van der Waals surface area contributed by atoms with Crippen molar-refractivity contribution in [1.29, 1.82) is 0 Å². The first-order valence-electron chi connectivity index (χ1n) is 7.47. The van der Waals surface area contributed by atoms with Gasteiger partial charge in [0.25, 0.3) is 5.91 Å². The molecular formula is C15H22N4O2. The van der Waals surface area contributed by atoms with Crippen molar-refractivity contribution in [2.45, 2.75) is 18.9 Å². The molecule has 0 saturated carbocycles. The molecule has 2 bridgehead atoms. The second-order valence-electron chi connectivity index (χ2n) is 6.22. The number of carbonyl (C=O) groups excluding carboxylic acids is 2. The van der Waals surface area contributed by atoms with Gasteiger partial charge in [0.2, 0.25) is 0 Å². The SMILES string of the molecule is CN(C)C(=O)N1C[C@@H]2CC[C@H](C1)N(C(=O)c1ccc[nH]1)C2. The van der Waals surface area contributed by atoms with Crippen LogP contribution in [0.5, 0.6) is 0 Å². The summed E-state index contributed by atoms with van der Waals surface area (Å²) in [4.78, 5) is 33.3. The minimum atomic E-state index is 0.0427.